The Labute approximate surface area is 166 Å². The Kier molecular flexibility index (Phi) is 6.04. The molecular weight excluding hydrogens is 376 g/mol. The monoisotopic (exact) mass is 394 g/mol. The van der Waals surface area contributed by atoms with Crippen LogP contribution in [-0.4, -0.2) is 54.5 Å². The minimum atomic E-state index is -0.653. The first kappa shape index (κ1) is 19.8. The molecule has 0 N–H and O–H groups in total. The van der Waals surface area contributed by atoms with Crippen molar-refractivity contribution in [2.24, 2.45) is 0 Å². The summed E-state index contributed by atoms with van der Waals surface area (Å²) in [5.41, 5.74) is 1.45. The Morgan fingerprint density at radius 2 is 1.79 bits per heavy atom. The zero-order valence-corrected chi connectivity index (χ0v) is 15.5. The van der Waals surface area contributed by atoms with Crippen LogP contribution < -0.4 is 4.90 Å². The van der Waals surface area contributed by atoms with Gasteiger partial charge in [-0.25, -0.2) is 4.79 Å². The predicted octanol–water partition coefficient (Wildman–Crippen LogP) is 1.97. The number of non-ortho nitro benzene ring substituents is 1. The van der Waals surface area contributed by atoms with Crippen LogP contribution in [0.25, 0.3) is 0 Å². The standard InChI is InChI=1S/C20H18N4O5/c21-13-15-2-1-3-16(12-15)20(26)29-14-19(25)23-10-8-22(9-11-23)17-4-6-18(7-5-17)24(27)28/h1-7,12H,8-11,14H2. The molecule has 0 aliphatic carbocycles. The van der Waals surface area contributed by atoms with Gasteiger partial charge in [-0.2, -0.15) is 5.26 Å². The lowest BCUT2D eigenvalue weighted by molar-refractivity contribution is -0.384. The van der Waals surface area contributed by atoms with Crippen LogP contribution in [0.15, 0.2) is 48.5 Å². The molecule has 0 saturated carbocycles. The molecule has 1 saturated heterocycles. The summed E-state index contributed by atoms with van der Waals surface area (Å²) in [5, 5.41) is 19.6. The van der Waals surface area contributed by atoms with E-state index in [2.05, 4.69) is 0 Å². The molecule has 1 heterocycles. The molecule has 148 valence electrons. The molecule has 9 nitrogen and oxygen atoms in total. The fourth-order valence-corrected chi connectivity index (χ4v) is 3.02. The van der Waals surface area contributed by atoms with Crippen LogP contribution in [0.3, 0.4) is 0 Å². The number of hydrogen-bond acceptors (Lipinski definition) is 7. The van der Waals surface area contributed by atoms with Crippen molar-refractivity contribution in [2.75, 3.05) is 37.7 Å². The third-order valence-corrected chi connectivity index (χ3v) is 4.61. The number of nitrogens with zero attached hydrogens (tertiary/aromatic N) is 4. The zero-order valence-electron chi connectivity index (χ0n) is 15.5. The number of anilines is 1. The number of rotatable bonds is 5. The van der Waals surface area contributed by atoms with Gasteiger partial charge in [0.15, 0.2) is 6.61 Å². The van der Waals surface area contributed by atoms with Gasteiger partial charge >= 0.3 is 5.97 Å². The summed E-state index contributed by atoms with van der Waals surface area (Å²) in [7, 11) is 0. The van der Waals surface area contributed by atoms with E-state index in [-0.39, 0.29) is 23.8 Å². The van der Waals surface area contributed by atoms with Crippen LogP contribution >= 0.6 is 0 Å². The third kappa shape index (κ3) is 4.87. The Morgan fingerprint density at radius 3 is 2.41 bits per heavy atom. The highest BCUT2D eigenvalue weighted by Gasteiger charge is 2.23. The average Bonchev–Trinajstić information content (AvgIpc) is 2.77. The number of piperazine rings is 1. The van der Waals surface area contributed by atoms with Crippen molar-refractivity contribution in [3.8, 4) is 6.07 Å². The van der Waals surface area contributed by atoms with Gasteiger partial charge in [0.25, 0.3) is 11.6 Å². The fraction of sp³-hybridized carbons (Fsp3) is 0.250. The van der Waals surface area contributed by atoms with Crippen LogP contribution in [-0.2, 0) is 9.53 Å². The van der Waals surface area contributed by atoms with E-state index in [4.69, 9.17) is 10.00 Å². The first-order chi connectivity index (χ1) is 14.0. The topological polar surface area (TPSA) is 117 Å². The molecule has 0 spiro atoms. The molecular formula is C20H18N4O5. The number of carbonyl (C=O) groups is 2. The summed E-state index contributed by atoms with van der Waals surface area (Å²) in [6.45, 7) is 1.69. The van der Waals surface area contributed by atoms with Crippen molar-refractivity contribution >= 4 is 23.3 Å². The van der Waals surface area contributed by atoms with Crippen molar-refractivity contribution in [3.05, 3.63) is 69.8 Å². The highest BCUT2D eigenvalue weighted by atomic mass is 16.6. The molecule has 9 heteroatoms. The number of esters is 1. The molecule has 1 fully saturated rings. The van der Waals surface area contributed by atoms with Crippen LogP contribution in [0, 0.1) is 21.4 Å². The number of ether oxygens (including phenoxy) is 1. The second-order valence-corrected chi connectivity index (χ2v) is 6.41. The van der Waals surface area contributed by atoms with Crippen LogP contribution in [0.1, 0.15) is 15.9 Å². The van der Waals surface area contributed by atoms with Gasteiger partial charge < -0.3 is 14.5 Å². The predicted molar refractivity (Wildman–Crippen MR) is 103 cm³/mol. The Bertz CT molecular complexity index is 960. The summed E-state index contributed by atoms with van der Waals surface area (Å²) >= 11 is 0. The zero-order chi connectivity index (χ0) is 20.8. The maximum absolute atomic E-state index is 12.3. The summed E-state index contributed by atoms with van der Waals surface area (Å²) in [5.74, 6) is -0.946. The molecule has 1 amide bonds. The Morgan fingerprint density at radius 1 is 1.10 bits per heavy atom. The lowest BCUT2D eigenvalue weighted by Gasteiger charge is -2.36. The van der Waals surface area contributed by atoms with E-state index in [1.807, 2.05) is 11.0 Å². The van der Waals surface area contributed by atoms with Gasteiger partial charge in [-0.15, -0.1) is 0 Å². The number of amides is 1. The van der Waals surface area contributed by atoms with Crippen LogP contribution in [0.2, 0.25) is 0 Å². The molecule has 0 bridgehead atoms. The minimum Gasteiger partial charge on any atom is -0.452 e. The summed E-state index contributed by atoms with van der Waals surface area (Å²) in [4.78, 5) is 38.3. The van der Waals surface area contributed by atoms with Crippen molar-refractivity contribution in [3.63, 3.8) is 0 Å². The lowest BCUT2D eigenvalue weighted by Crippen LogP contribution is -2.49. The van der Waals surface area contributed by atoms with Crippen molar-refractivity contribution in [2.45, 2.75) is 0 Å². The SMILES string of the molecule is N#Cc1cccc(C(=O)OCC(=O)N2CCN(c3ccc([N+](=O)[O-])cc3)CC2)c1. The highest BCUT2D eigenvalue weighted by molar-refractivity contribution is 5.91. The lowest BCUT2D eigenvalue weighted by atomic mass is 10.1. The number of nitro groups is 1. The molecule has 1 aliphatic rings. The molecule has 1 aliphatic heterocycles. The number of benzene rings is 2. The van der Waals surface area contributed by atoms with Gasteiger partial charge in [-0.05, 0) is 30.3 Å². The first-order valence-electron chi connectivity index (χ1n) is 8.92. The Hall–Kier alpha value is -3.93. The van der Waals surface area contributed by atoms with Gasteiger partial charge in [-0.3, -0.25) is 14.9 Å². The van der Waals surface area contributed by atoms with Crippen molar-refractivity contribution in [1.82, 2.24) is 4.90 Å². The maximum Gasteiger partial charge on any atom is 0.338 e. The average molecular weight is 394 g/mol. The van der Waals surface area contributed by atoms with Gasteiger partial charge in [0, 0.05) is 44.0 Å². The first-order valence-corrected chi connectivity index (χ1v) is 8.92. The van der Waals surface area contributed by atoms with E-state index in [1.54, 1.807) is 29.2 Å². The van der Waals surface area contributed by atoms with E-state index in [1.165, 1.54) is 24.3 Å². The quantitative estimate of drug-likeness (QED) is 0.432. The molecule has 0 aromatic heterocycles. The van der Waals surface area contributed by atoms with Gasteiger partial charge in [0.2, 0.25) is 0 Å². The molecule has 0 unspecified atom stereocenters. The van der Waals surface area contributed by atoms with Gasteiger partial charge in [-0.1, -0.05) is 6.07 Å². The summed E-state index contributed by atoms with van der Waals surface area (Å²) in [6, 6.07) is 14.3. The summed E-state index contributed by atoms with van der Waals surface area (Å²) in [6.07, 6.45) is 0. The maximum atomic E-state index is 12.3. The fourth-order valence-electron chi connectivity index (χ4n) is 3.02. The van der Waals surface area contributed by atoms with E-state index in [0.29, 0.717) is 31.7 Å². The minimum absolute atomic E-state index is 0.0321. The Balaban J connectivity index is 1.49. The number of nitro benzene ring substituents is 1. The second kappa shape index (κ2) is 8.84. The number of nitriles is 1. The third-order valence-electron chi connectivity index (χ3n) is 4.61. The van der Waals surface area contributed by atoms with Crippen LogP contribution in [0.5, 0.6) is 0 Å². The summed E-state index contributed by atoms with van der Waals surface area (Å²) < 4.78 is 5.07. The van der Waals surface area contributed by atoms with Crippen LogP contribution in [0.4, 0.5) is 11.4 Å². The molecule has 2 aromatic rings. The largest absolute Gasteiger partial charge is 0.452 e. The molecule has 3 rings (SSSR count). The molecule has 2 aromatic carbocycles. The van der Waals surface area contributed by atoms with E-state index in [9.17, 15) is 19.7 Å². The van der Waals surface area contributed by atoms with E-state index in [0.717, 1.165) is 5.69 Å². The molecule has 0 radical (unpaired) electrons. The molecule has 0 atom stereocenters. The van der Waals surface area contributed by atoms with E-state index >= 15 is 0 Å². The van der Waals surface area contributed by atoms with Gasteiger partial charge in [0.1, 0.15) is 0 Å². The smallest absolute Gasteiger partial charge is 0.338 e. The number of hydrogen-bond donors (Lipinski definition) is 0. The van der Waals surface area contributed by atoms with Crippen molar-refractivity contribution in [1.29, 1.82) is 5.26 Å². The van der Waals surface area contributed by atoms with Gasteiger partial charge in [0.05, 0.1) is 22.1 Å². The second-order valence-electron chi connectivity index (χ2n) is 6.41. The van der Waals surface area contributed by atoms with Crippen molar-refractivity contribution < 1.29 is 19.2 Å². The number of carbonyl (C=O) groups excluding carboxylic acids is 2. The normalized spacial score (nSPS) is 13.5. The molecule has 29 heavy (non-hydrogen) atoms. The highest BCUT2D eigenvalue weighted by Crippen LogP contribution is 2.20. The van der Waals surface area contributed by atoms with E-state index < -0.39 is 10.9 Å².